The van der Waals surface area contributed by atoms with Gasteiger partial charge in [0.2, 0.25) is 0 Å². The molecule has 5 nitrogen and oxygen atoms in total. The van der Waals surface area contributed by atoms with E-state index in [-0.39, 0.29) is 12.4 Å². The number of aliphatic hydroxyl groups excluding tert-OH is 1. The molecule has 3 heterocycles. The molecule has 1 aliphatic carbocycles. The third kappa shape index (κ3) is 4.60. The molecular formula is C26H33FN4O. The first-order valence-corrected chi connectivity index (χ1v) is 12.1. The molecule has 1 aromatic heterocycles. The normalized spacial score (nSPS) is 21.8. The van der Waals surface area contributed by atoms with Crippen LogP contribution < -0.4 is 15.1 Å². The van der Waals surface area contributed by atoms with E-state index >= 15 is 0 Å². The predicted molar refractivity (Wildman–Crippen MR) is 129 cm³/mol. The summed E-state index contributed by atoms with van der Waals surface area (Å²) in [5.41, 5.74) is 4.12. The van der Waals surface area contributed by atoms with Gasteiger partial charge in [-0.3, -0.25) is 0 Å². The van der Waals surface area contributed by atoms with Crippen molar-refractivity contribution in [3.8, 4) is 0 Å². The molecule has 6 heteroatoms. The highest BCUT2D eigenvalue weighted by Crippen LogP contribution is 2.36. The van der Waals surface area contributed by atoms with Crippen LogP contribution in [0.15, 0.2) is 42.4 Å². The van der Waals surface area contributed by atoms with Crippen molar-refractivity contribution in [3.05, 3.63) is 47.9 Å². The van der Waals surface area contributed by atoms with Gasteiger partial charge >= 0.3 is 0 Å². The number of halogens is 1. The maximum absolute atomic E-state index is 14.3. The van der Waals surface area contributed by atoms with Crippen LogP contribution in [0.5, 0.6) is 0 Å². The van der Waals surface area contributed by atoms with Gasteiger partial charge < -0.3 is 20.2 Å². The van der Waals surface area contributed by atoms with E-state index in [1.165, 1.54) is 24.9 Å². The van der Waals surface area contributed by atoms with Crippen LogP contribution in [-0.2, 0) is 0 Å². The fraction of sp³-hybridized carbons (Fsp3) is 0.500. The summed E-state index contributed by atoms with van der Waals surface area (Å²) in [6.07, 6.45) is 11.6. The standard InChI is InChI=1S/C26H33FN4O/c27-21-13-20-15-28-26(14-25(20)31(17-21)24-6-2-1-3-7-24)29-22-8-10-23(11-9-22)30-12-4-5-19(16-30)18-32/h8-11,13-15,19,24,32H,1-7,12,16-18H2,(H,28,29). The molecule has 0 spiro atoms. The summed E-state index contributed by atoms with van der Waals surface area (Å²) in [6, 6.07) is 10.9. The van der Waals surface area contributed by atoms with Crippen molar-refractivity contribution in [1.29, 1.82) is 0 Å². The number of aliphatic hydroxyl groups is 1. The Morgan fingerprint density at radius 3 is 2.66 bits per heavy atom. The number of piperidine rings is 1. The minimum absolute atomic E-state index is 0.0812. The van der Waals surface area contributed by atoms with E-state index in [0.29, 0.717) is 18.5 Å². The molecular weight excluding hydrogens is 403 g/mol. The highest BCUT2D eigenvalue weighted by Gasteiger charge is 2.27. The molecule has 32 heavy (non-hydrogen) atoms. The Morgan fingerprint density at radius 1 is 1.06 bits per heavy atom. The summed E-state index contributed by atoms with van der Waals surface area (Å²) in [4.78, 5) is 9.15. The molecule has 2 N–H and O–H groups in total. The third-order valence-corrected chi connectivity index (χ3v) is 7.15. The van der Waals surface area contributed by atoms with Crippen LogP contribution in [0.3, 0.4) is 0 Å². The van der Waals surface area contributed by atoms with Gasteiger partial charge in [0.15, 0.2) is 0 Å². The van der Waals surface area contributed by atoms with E-state index in [1.807, 2.05) is 0 Å². The third-order valence-electron chi connectivity index (χ3n) is 7.15. The van der Waals surface area contributed by atoms with Crippen molar-refractivity contribution in [2.45, 2.75) is 51.0 Å². The number of fused-ring (bicyclic) bond motifs is 1. The van der Waals surface area contributed by atoms with Crippen molar-refractivity contribution in [3.63, 3.8) is 0 Å². The lowest BCUT2D eigenvalue weighted by Gasteiger charge is -2.38. The first kappa shape index (κ1) is 21.3. The Kier molecular flexibility index (Phi) is 6.30. The van der Waals surface area contributed by atoms with Gasteiger partial charge in [0, 0.05) is 60.6 Å². The van der Waals surface area contributed by atoms with E-state index in [9.17, 15) is 9.50 Å². The molecule has 1 saturated heterocycles. The van der Waals surface area contributed by atoms with Gasteiger partial charge in [0.1, 0.15) is 11.6 Å². The molecule has 2 aliphatic heterocycles. The van der Waals surface area contributed by atoms with E-state index in [4.69, 9.17) is 0 Å². The van der Waals surface area contributed by atoms with Crippen molar-refractivity contribution in [1.82, 2.24) is 4.98 Å². The van der Waals surface area contributed by atoms with E-state index < -0.39 is 0 Å². The molecule has 0 radical (unpaired) electrons. The van der Waals surface area contributed by atoms with Crippen LogP contribution >= 0.6 is 0 Å². The zero-order valence-corrected chi connectivity index (χ0v) is 18.6. The van der Waals surface area contributed by atoms with Crippen LogP contribution in [0.1, 0.15) is 50.5 Å². The number of hydrogen-bond donors (Lipinski definition) is 2. The van der Waals surface area contributed by atoms with Crippen LogP contribution in [0.25, 0.3) is 6.08 Å². The number of aromatic nitrogens is 1. The average molecular weight is 437 g/mol. The van der Waals surface area contributed by atoms with Crippen LogP contribution in [0.4, 0.5) is 27.3 Å². The quantitative estimate of drug-likeness (QED) is 0.648. The molecule has 170 valence electrons. The molecule has 1 saturated carbocycles. The summed E-state index contributed by atoms with van der Waals surface area (Å²) in [5.74, 6) is 1.07. The Bertz CT molecular complexity index is 955. The Hall–Kier alpha value is -2.60. The molecule has 0 bridgehead atoms. The molecule has 1 aromatic carbocycles. The van der Waals surface area contributed by atoms with Crippen molar-refractivity contribution in [2.24, 2.45) is 5.92 Å². The first-order chi connectivity index (χ1) is 15.7. The van der Waals surface area contributed by atoms with Crippen LogP contribution in [0, 0.1) is 5.92 Å². The lowest BCUT2D eigenvalue weighted by atomic mass is 9.92. The molecule has 2 fully saturated rings. The fourth-order valence-electron chi connectivity index (χ4n) is 5.42. The topological polar surface area (TPSA) is 51.6 Å². The zero-order valence-electron chi connectivity index (χ0n) is 18.6. The number of hydrogen-bond acceptors (Lipinski definition) is 5. The molecule has 5 rings (SSSR count). The van der Waals surface area contributed by atoms with Crippen molar-refractivity contribution < 1.29 is 9.50 Å². The maximum Gasteiger partial charge on any atom is 0.132 e. The second-order valence-electron chi connectivity index (χ2n) is 9.45. The number of pyridine rings is 1. The van der Waals surface area contributed by atoms with Gasteiger partial charge in [0.25, 0.3) is 0 Å². The maximum atomic E-state index is 14.3. The number of nitrogens with one attached hydrogen (secondary N) is 1. The van der Waals surface area contributed by atoms with Crippen molar-refractivity contribution >= 4 is 29.0 Å². The number of rotatable bonds is 5. The molecule has 0 amide bonds. The van der Waals surface area contributed by atoms with E-state index in [1.54, 1.807) is 12.3 Å². The fourth-order valence-corrected chi connectivity index (χ4v) is 5.42. The van der Waals surface area contributed by atoms with Gasteiger partial charge in [-0.1, -0.05) is 19.3 Å². The number of anilines is 4. The molecule has 1 atom stereocenters. The monoisotopic (exact) mass is 436 g/mol. The average Bonchev–Trinajstić information content (AvgIpc) is 2.85. The summed E-state index contributed by atoms with van der Waals surface area (Å²) in [7, 11) is 0. The summed E-state index contributed by atoms with van der Waals surface area (Å²) >= 11 is 0. The first-order valence-electron chi connectivity index (χ1n) is 12.1. The van der Waals surface area contributed by atoms with Gasteiger partial charge in [-0.05, 0) is 61.9 Å². The summed E-state index contributed by atoms with van der Waals surface area (Å²) in [5, 5.41) is 12.9. The SMILES string of the molecule is OCC1CCCN(c2ccc(Nc3cc4c(cn3)C=C(F)CN4C3CCCCC3)cc2)C1. The van der Waals surface area contributed by atoms with Crippen molar-refractivity contribution in [2.75, 3.05) is 41.4 Å². The van der Waals surface area contributed by atoms with Gasteiger partial charge in [-0.2, -0.15) is 0 Å². The lowest BCUT2D eigenvalue weighted by molar-refractivity contribution is 0.209. The highest BCUT2D eigenvalue weighted by molar-refractivity contribution is 5.76. The second-order valence-corrected chi connectivity index (χ2v) is 9.45. The molecule has 3 aliphatic rings. The largest absolute Gasteiger partial charge is 0.396 e. The van der Waals surface area contributed by atoms with E-state index in [0.717, 1.165) is 61.5 Å². The highest BCUT2D eigenvalue weighted by atomic mass is 19.1. The van der Waals surface area contributed by atoms with Crippen LogP contribution in [-0.4, -0.2) is 42.4 Å². The minimum Gasteiger partial charge on any atom is -0.396 e. The smallest absolute Gasteiger partial charge is 0.132 e. The predicted octanol–water partition coefficient (Wildman–Crippen LogP) is 5.50. The molecule has 2 aromatic rings. The van der Waals surface area contributed by atoms with Gasteiger partial charge in [-0.15, -0.1) is 0 Å². The molecule has 1 unspecified atom stereocenters. The minimum atomic E-state index is -0.0812. The van der Waals surface area contributed by atoms with E-state index in [2.05, 4.69) is 50.4 Å². The Morgan fingerprint density at radius 2 is 1.88 bits per heavy atom. The second kappa shape index (κ2) is 9.49. The van der Waals surface area contributed by atoms with Gasteiger partial charge in [-0.25, -0.2) is 9.37 Å². The summed E-state index contributed by atoms with van der Waals surface area (Å²) in [6.45, 7) is 2.57. The van der Waals surface area contributed by atoms with Crippen LogP contribution in [0.2, 0.25) is 0 Å². The lowest BCUT2D eigenvalue weighted by Crippen LogP contribution is -2.39. The summed E-state index contributed by atoms with van der Waals surface area (Å²) < 4.78 is 14.3. The number of benzene rings is 1. The Balaban J connectivity index is 1.32. The van der Waals surface area contributed by atoms with Gasteiger partial charge in [0.05, 0.1) is 6.54 Å². The zero-order chi connectivity index (χ0) is 21.9. The number of nitrogens with zero attached hydrogens (tertiary/aromatic N) is 3. The Labute approximate surface area is 190 Å².